The molecule has 0 aliphatic rings. The SMILES string of the molecule is CC#Cc1cc(C(=O)NC(Cc2cc(F)cc(F)c2)C(O)CN(CCCC)NC(=O)Cc2ccccc2)cc(C(=O)N(CCC)CCC)c1. The second-order valence-electron chi connectivity index (χ2n) is 12.1. The highest BCUT2D eigenvalue weighted by molar-refractivity contribution is 6.00. The van der Waals surface area contributed by atoms with E-state index in [0.29, 0.717) is 30.8 Å². The van der Waals surface area contributed by atoms with E-state index in [9.17, 15) is 28.3 Å². The summed E-state index contributed by atoms with van der Waals surface area (Å²) < 4.78 is 28.4. The van der Waals surface area contributed by atoms with Crippen molar-refractivity contribution < 1.29 is 28.3 Å². The number of carbonyl (C=O) groups is 3. The fraction of sp³-hybridized carbons (Fsp3) is 0.410. The van der Waals surface area contributed by atoms with Crippen LogP contribution in [0.1, 0.15) is 90.8 Å². The number of rotatable bonds is 18. The lowest BCUT2D eigenvalue weighted by atomic mass is 9.99. The molecular weight excluding hydrogens is 626 g/mol. The molecule has 8 nitrogen and oxygen atoms in total. The van der Waals surface area contributed by atoms with Crippen molar-refractivity contribution >= 4 is 17.7 Å². The minimum Gasteiger partial charge on any atom is -0.390 e. The van der Waals surface area contributed by atoms with Gasteiger partial charge in [-0.3, -0.25) is 19.8 Å². The van der Waals surface area contributed by atoms with Crippen LogP contribution in [-0.4, -0.2) is 71.1 Å². The molecular formula is C39H48F2N4O4. The van der Waals surface area contributed by atoms with Crippen LogP contribution in [0.3, 0.4) is 0 Å². The molecule has 3 amide bonds. The third kappa shape index (κ3) is 12.7. The maximum atomic E-state index is 14.2. The zero-order valence-corrected chi connectivity index (χ0v) is 28.9. The van der Waals surface area contributed by atoms with Gasteiger partial charge in [-0.25, -0.2) is 13.8 Å². The molecule has 0 bridgehead atoms. The number of halogens is 2. The van der Waals surface area contributed by atoms with Crippen molar-refractivity contribution in [2.45, 2.75) is 78.4 Å². The lowest BCUT2D eigenvalue weighted by Gasteiger charge is -2.30. The Morgan fingerprint density at radius 1 is 0.837 bits per heavy atom. The van der Waals surface area contributed by atoms with Crippen molar-refractivity contribution in [3.63, 3.8) is 0 Å². The molecule has 0 spiro atoms. The number of hydrogen-bond acceptors (Lipinski definition) is 5. The second-order valence-corrected chi connectivity index (χ2v) is 12.1. The number of amides is 3. The standard InChI is InChI=1S/C39H48F2N4O4/c1-5-9-18-45(43-37(47)24-28-14-11-10-12-15-28)27-36(46)35(23-30-21-33(40)26-34(41)22-30)42-38(48)31-19-29(13-6-2)20-32(25-31)39(49)44(16-7-3)17-8-4/h10-12,14-15,19-22,25-26,35-36,46H,5,7-9,16-18,23-24,27H2,1-4H3,(H,42,48)(H,43,47). The Morgan fingerprint density at radius 2 is 1.49 bits per heavy atom. The molecule has 0 aliphatic carbocycles. The van der Waals surface area contributed by atoms with Gasteiger partial charge >= 0.3 is 0 Å². The van der Waals surface area contributed by atoms with Gasteiger partial charge in [0.05, 0.1) is 18.6 Å². The number of hydrogen-bond donors (Lipinski definition) is 3. The number of aliphatic hydroxyl groups is 1. The quantitative estimate of drug-likeness (QED) is 0.119. The van der Waals surface area contributed by atoms with Crippen LogP contribution in [-0.2, 0) is 17.6 Å². The van der Waals surface area contributed by atoms with Crippen LogP contribution in [0, 0.1) is 23.5 Å². The molecule has 3 aromatic rings. The molecule has 0 saturated heterocycles. The smallest absolute Gasteiger partial charge is 0.253 e. The Bertz CT molecular complexity index is 1580. The van der Waals surface area contributed by atoms with E-state index < -0.39 is 29.7 Å². The number of nitrogens with zero attached hydrogens (tertiary/aromatic N) is 2. The van der Waals surface area contributed by atoms with Gasteiger partial charge in [-0.05, 0) is 74.1 Å². The highest BCUT2D eigenvalue weighted by Crippen LogP contribution is 2.17. The Hall–Kier alpha value is -4.59. The fourth-order valence-electron chi connectivity index (χ4n) is 5.55. The summed E-state index contributed by atoms with van der Waals surface area (Å²) in [4.78, 5) is 42.0. The number of carbonyl (C=O) groups excluding carboxylic acids is 3. The first-order valence-electron chi connectivity index (χ1n) is 17.0. The van der Waals surface area contributed by atoms with Crippen LogP contribution in [0.2, 0.25) is 0 Å². The minimum absolute atomic E-state index is 0.0721. The average molecular weight is 675 g/mol. The van der Waals surface area contributed by atoms with Crippen LogP contribution in [0.25, 0.3) is 0 Å². The molecule has 10 heteroatoms. The van der Waals surface area contributed by atoms with Crippen LogP contribution in [0.5, 0.6) is 0 Å². The first-order valence-corrected chi connectivity index (χ1v) is 17.0. The fourth-order valence-corrected chi connectivity index (χ4v) is 5.55. The van der Waals surface area contributed by atoms with Gasteiger partial charge in [0, 0.05) is 48.9 Å². The zero-order chi connectivity index (χ0) is 35.8. The first-order chi connectivity index (χ1) is 23.6. The summed E-state index contributed by atoms with van der Waals surface area (Å²) in [5, 5.41) is 16.0. The highest BCUT2D eigenvalue weighted by atomic mass is 19.1. The Kier molecular flexibility index (Phi) is 15.9. The molecule has 3 N–H and O–H groups in total. The van der Waals surface area contributed by atoms with Gasteiger partial charge in [0.25, 0.3) is 11.8 Å². The van der Waals surface area contributed by atoms with E-state index in [2.05, 4.69) is 22.6 Å². The maximum Gasteiger partial charge on any atom is 0.253 e. The Morgan fingerprint density at radius 3 is 2.10 bits per heavy atom. The molecule has 0 fully saturated rings. The van der Waals surface area contributed by atoms with E-state index in [4.69, 9.17) is 0 Å². The number of hydrazine groups is 1. The van der Waals surface area contributed by atoms with Crippen molar-refractivity contribution in [3.8, 4) is 11.8 Å². The van der Waals surface area contributed by atoms with E-state index in [1.54, 1.807) is 29.0 Å². The van der Waals surface area contributed by atoms with Gasteiger partial charge in [-0.1, -0.05) is 63.4 Å². The predicted octanol–water partition coefficient (Wildman–Crippen LogP) is 5.68. The molecule has 0 aromatic heterocycles. The van der Waals surface area contributed by atoms with E-state index in [1.165, 1.54) is 6.07 Å². The average Bonchev–Trinajstić information content (AvgIpc) is 3.06. The van der Waals surface area contributed by atoms with Gasteiger partial charge in [0.2, 0.25) is 5.91 Å². The summed E-state index contributed by atoms with van der Waals surface area (Å²) in [6.45, 7) is 9.11. The Balaban J connectivity index is 1.92. The van der Waals surface area contributed by atoms with Crippen molar-refractivity contribution in [1.29, 1.82) is 0 Å². The van der Waals surface area contributed by atoms with E-state index in [1.807, 2.05) is 51.1 Å². The summed E-state index contributed by atoms with van der Waals surface area (Å²) >= 11 is 0. The lowest BCUT2D eigenvalue weighted by Crippen LogP contribution is -2.53. The molecule has 3 aromatic carbocycles. The highest BCUT2D eigenvalue weighted by Gasteiger charge is 2.27. The normalized spacial score (nSPS) is 12.1. The third-order valence-electron chi connectivity index (χ3n) is 7.82. The summed E-state index contributed by atoms with van der Waals surface area (Å²) in [6, 6.07) is 16.0. The largest absolute Gasteiger partial charge is 0.390 e. The summed E-state index contributed by atoms with van der Waals surface area (Å²) in [5.41, 5.74) is 4.86. The van der Waals surface area contributed by atoms with Crippen molar-refractivity contribution in [2.24, 2.45) is 0 Å². The van der Waals surface area contributed by atoms with Crippen LogP contribution in [0.15, 0.2) is 66.7 Å². The second kappa shape index (κ2) is 20.0. The summed E-state index contributed by atoms with van der Waals surface area (Å²) in [6.07, 6.45) is 1.85. The van der Waals surface area contributed by atoms with Crippen LogP contribution in [0.4, 0.5) is 8.78 Å². The molecule has 262 valence electrons. The van der Waals surface area contributed by atoms with Gasteiger partial charge in [-0.15, -0.1) is 5.92 Å². The van der Waals surface area contributed by atoms with Crippen molar-refractivity contribution in [3.05, 3.63) is 106 Å². The maximum absolute atomic E-state index is 14.2. The number of unbranched alkanes of at least 4 members (excludes halogenated alkanes) is 1. The van der Waals surface area contributed by atoms with Crippen molar-refractivity contribution in [2.75, 3.05) is 26.2 Å². The molecule has 2 unspecified atom stereocenters. The third-order valence-corrected chi connectivity index (χ3v) is 7.82. The molecule has 0 saturated carbocycles. The predicted molar refractivity (Wildman–Crippen MR) is 188 cm³/mol. The van der Waals surface area contributed by atoms with Crippen LogP contribution >= 0.6 is 0 Å². The Labute approximate surface area is 288 Å². The minimum atomic E-state index is -1.27. The first kappa shape index (κ1) is 38.9. The van der Waals surface area contributed by atoms with Crippen LogP contribution < -0.4 is 10.7 Å². The van der Waals surface area contributed by atoms with E-state index >= 15 is 0 Å². The summed E-state index contributed by atoms with van der Waals surface area (Å²) in [5.74, 6) is 3.08. The van der Waals surface area contributed by atoms with E-state index in [0.717, 1.165) is 49.4 Å². The molecule has 0 aliphatic heterocycles. The molecule has 2 atom stereocenters. The molecule has 0 radical (unpaired) electrons. The van der Waals surface area contributed by atoms with E-state index in [-0.39, 0.29) is 42.3 Å². The lowest BCUT2D eigenvalue weighted by molar-refractivity contribution is -0.126. The molecule has 49 heavy (non-hydrogen) atoms. The van der Waals surface area contributed by atoms with Gasteiger partial charge in [0.15, 0.2) is 0 Å². The zero-order valence-electron chi connectivity index (χ0n) is 28.9. The molecule has 3 rings (SSSR count). The topological polar surface area (TPSA) is 102 Å². The number of nitrogens with one attached hydrogen (secondary N) is 2. The van der Waals surface area contributed by atoms with Gasteiger partial charge in [-0.2, -0.15) is 0 Å². The summed E-state index contributed by atoms with van der Waals surface area (Å²) in [7, 11) is 0. The monoisotopic (exact) mass is 674 g/mol. The number of benzene rings is 3. The number of aliphatic hydroxyl groups excluding tert-OH is 1. The van der Waals surface area contributed by atoms with Gasteiger partial charge < -0.3 is 15.3 Å². The van der Waals surface area contributed by atoms with Gasteiger partial charge in [0.1, 0.15) is 11.6 Å². The van der Waals surface area contributed by atoms with Crippen molar-refractivity contribution in [1.82, 2.24) is 20.7 Å². The molecule has 0 heterocycles.